The van der Waals surface area contributed by atoms with Crippen LogP contribution in [0.2, 0.25) is 5.02 Å². The third-order valence-corrected chi connectivity index (χ3v) is 4.30. The average Bonchev–Trinajstić information content (AvgIpc) is 2.63. The van der Waals surface area contributed by atoms with E-state index >= 15 is 0 Å². The van der Waals surface area contributed by atoms with E-state index in [0.717, 1.165) is 16.9 Å². The summed E-state index contributed by atoms with van der Waals surface area (Å²) in [5.41, 5.74) is 3.21. The van der Waals surface area contributed by atoms with Crippen LogP contribution in [0.1, 0.15) is 0 Å². The number of benzene rings is 3. The molecule has 0 aliphatic carbocycles. The molecule has 0 radical (unpaired) electrons. The molecule has 128 valence electrons. The zero-order valence-electron chi connectivity index (χ0n) is 13.6. The van der Waals surface area contributed by atoms with Gasteiger partial charge < -0.3 is 14.8 Å². The van der Waals surface area contributed by atoms with Gasteiger partial charge in [0.25, 0.3) is 0 Å². The summed E-state index contributed by atoms with van der Waals surface area (Å²) in [5.74, 6) is 0.0600. The number of aromatic hydroxyl groups is 1. The summed E-state index contributed by atoms with van der Waals surface area (Å²) in [6.45, 7) is 0. The third kappa shape index (κ3) is 3.15. The van der Waals surface area contributed by atoms with Gasteiger partial charge in [0.15, 0.2) is 5.43 Å². The number of anilines is 2. The van der Waals surface area contributed by atoms with Crippen LogP contribution in [0.3, 0.4) is 0 Å². The lowest BCUT2D eigenvalue weighted by Gasteiger charge is -2.08. The van der Waals surface area contributed by atoms with Crippen molar-refractivity contribution in [2.24, 2.45) is 0 Å². The van der Waals surface area contributed by atoms with Crippen LogP contribution in [0.5, 0.6) is 5.75 Å². The van der Waals surface area contributed by atoms with E-state index in [1.165, 1.54) is 18.4 Å². The van der Waals surface area contributed by atoms with E-state index in [2.05, 4.69) is 5.32 Å². The van der Waals surface area contributed by atoms with Gasteiger partial charge in [0.2, 0.25) is 0 Å². The van der Waals surface area contributed by atoms with E-state index in [-0.39, 0.29) is 11.2 Å². The molecule has 26 heavy (non-hydrogen) atoms. The van der Waals surface area contributed by atoms with Crippen LogP contribution >= 0.6 is 11.6 Å². The van der Waals surface area contributed by atoms with Gasteiger partial charge in [-0.05, 0) is 48.0 Å². The number of nitrogens with one attached hydrogen (secondary N) is 1. The predicted molar refractivity (Wildman–Crippen MR) is 104 cm³/mol. The normalized spacial score (nSPS) is 10.8. The number of hydrogen-bond acceptors (Lipinski definition) is 4. The maximum Gasteiger partial charge on any atom is 0.200 e. The number of halogens is 1. The molecule has 0 spiro atoms. The SMILES string of the molecule is O=c1c(-c2ccc(Nc3cccc(Cl)c3)cc2)coc2cc(O)ccc12. The van der Waals surface area contributed by atoms with Crippen LogP contribution in [-0.4, -0.2) is 5.11 Å². The minimum atomic E-state index is -0.137. The maximum atomic E-state index is 12.7. The molecule has 3 aromatic carbocycles. The summed E-state index contributed by atoms with van der Waals surface area (Å²) in [7, 11) is 0. The molecule has 4 aromatic rings. The van der Waals surface area contributed by atoms with E-state index < -0.39 is 0 Å². The Morgan fingerprint density at radius 3 is 2.50 bits per heavy atom. The highest BCUT2D eigenvalue weighted by Crippen LogP contribution is 2.25. The molecule has 0 bridgehead atoms. The number of rotatable bonds is 3. The van der Waals surface area contributed by atoms with Crippen LogP contribution in [0.25, 0.3) is 22.1 Å². The molecule has 0 aliphatic heterocycles. The molecule has 0 amide bonds. The van der Waals surface area contributed by atoms with Crippen LogP contribution < -0.4 is 10.7 Å². The first-order valence-corrected chi connectivity index (χ1v) is 8.35. The molecule has 1 aromatic heterocycles. The Labute approximate surface area is 154 Å². The molecule has 4 nitrogen and oxygen atoms in total. The lowest BCUT2D eigenvalue weighted by atomic mass is 10.1. The van der Waals surface area contributed by atoms with Crippen molar-refractivity contribution in [1.29, 1.82) is 0 Å². The minimum absolute atomic E-state index is 0.0600. The highest BCUT2D eigenvalue weighted by molar-refractivity contribution is 6.30. The van der Waals surface area contributed by atoms with Gasteiger partial charge in [-0.25, -0.2) is 0 Å². The van der Waals surface area contributed by atoms with Crippen molar-refractivity contribution < 1.29 is 9.52 Å². The van der Waals surface area contributed by atoms with Gasteiger partial charge >= 0.3 is 0 Å². The molecule has 5 heteroatoms. The van der Waals surface area contributed by atoms with Crippen LogP contribution in [-0.2, 0) is 0 Å². The van der Waals surface area contributed by atoms with Crippen molar-refractivity contribution in [3.8, 4) is 16.9 Å². The largest absolute Gasteiger partial charge is 0.508 e. The van der Waals surface area contributed by atoms with Crippen LogP contribution in [0.15, 0.2) is 82.2 Å². The van der Waals surface area contributed by atoms with Crippen molar-refractivity contribution >= 4 is 33.9 Å². The minimum Gasteiger partial charge on any atom is -0.508 e. The number of fused-ring (bicyclic) bond motifs is 1. The first kappa shape index (κ1) is 16.2. The summed E-state index contributed by atoms with van der Waals surface area (Å²) in [4.78, 5) is 12.7. The molecule has 0 atom stereocenters. The Kier molecular flexibility index (Phi) is 4.11. The second-order valence-electron chi connectivity index (χ2n) is 5.87. The van der Waals surface area contributed by atoms with Crippen LogP contribution in [0, 0.1) is 0 Å². The molecule has 0 saturated carbocycles. The molecule has 4 rings (SSSR count). The van der Waals surface area contributed by atoms with Crippen molar-refractivity contribution in [2.45, 2.75) is 0 Å². The Balaban J connectivity index is 1.67. The van der Waals surface area contributed by atoms with Gasteiger partial charge in [-0.2, -0.15) is 0 Å². The fourth-order valence-corrected chi connectivity index (χ4v) is 2.97. The van der Waals surface area contributed by atoms with Gasteiger partial charge in [-0.15, -0.1) is 0 Å². The highest BCUT2D eigenvalue weighted by atomic mass is 35.5. The predicted octanol–water partition coefficient (Wildman–Crippen LogP) is 5.56. The Morgan fingerprint density at radius 2 is 1.73 bits per heavy atom. The maximum absolute atomic E-state index is 12.7. The van der Waals surface area contributed by atoms with Gasteiger partial charge in [-0.3, -0.25) is 4.79 Å². The monoisotopic (exact) mass is 363 g/mol. The lowest BCUT2D eigenvalue weighted by Crippen LogP contribution is -2.04. The topological polar surface area (TPSA) is 62.5 Å². The first-order chi connectivity index (χ1) is 12.6. The van der Waals surface area contributed by atoms with Crippen molar-refractivity contribution in [1.82, 2.24) is 0 Å². The van der Waals surface area contributed by atoms with E-state index in [0.29, 0.717) is 21.6 Å². The zero-order valence-corrected chi connectivity index (χ0v) is 14.3. The van der Waals surface area contributed by atoms with E-state index in [1.807, 2.05) is 48.5 Å². The van der Waals surface area contributed by atoms with Gasteiger partial charge in [0, 0.05) is 22.5 Å². The smallest absolute Gasteiger partial charge is 0.200 e. The van der Waals surface area contributed by atoms with Gasteiger partial charge in [0.05, 0.1) is 10.9 Å². The molecule has 0 saturated heterocycles. The quantitative estimate of drug-likeness (QED) is 0.500. The summed E-state index contributed by atoms with van der Waals surface area (Å²) >= 11 is 5.99. The molecular formula is C21H14ClNO3. The summed E-state index contributed by atoms with van der Waals surface area (Å²) < 4.78 is 5.51. The fourth-order valence-electron chi connectivity index (χ4n) is 2.78. The van der Waals surface area contributed by atoms with Crippen molar-refractivity contribution in [3.63, 3.8) is 0 Å². The molecule has 1 heterocycles. The molecule has 2 N–H and O–H groups in total. The molecule has 0 fully saturated rings. The van der Waals surface area contributed by atoms with E-state index in [1.54, 1.807) is 6.07 Å². The van der Waals surface area contributed by atoms with E-state index in [9.17, 15) is 9.90 Å². The fraction of sp³-hybridized carbons (Fsp3) is 0. The number of phenolic OH excluding ortho intramolecular Hbond substituents is 1. The Hall–Kier alpha value is -3.24. The van der Waals surface area contributed by atoms with E-state index in [4.69, 9.17) is 16.0 Å². The molecule has 0 unspecified atom stereocenters. The summed E-state index contributed by atoms with van der Waals surface area (Å²) in [6.07, 6.45) is 1.42. The number of phenols is 1. The van der Waals surface area contributed by atoms with Gasteiger partial charge in [0.1, 0.15) is 17.6 Å². The van der Waals surface area contributed by atoms with Crippen molar-refractivity contribution in [3.05, 3.63) is 88.2 Å². The third-order valence-electron chi connectivity index (χ3n) is 4.07. The molecule has 0 aliphatic rings. The summed E-state index contributed by atoms with van der Waals surface area (Å²) in [6, 6.07) is 19.4. The standard InChI is InChI=1S/C21H14ClNO3/c22-14-2-1-3-16(10-14)23-15-6-4-13(5-7-15)19-12-26-20-11-17(24)8-9-18(20)21(19)25/h1-12,23-24H. The summed E-state index contributed by atoms with van der Waals surface area (Å²) in [5, 5.41) is 13.8. The Morgan fingerprint density at radius 1 is 0.923 bits per heavy atom. The average molecular weight is 364 g/mol. The number of hydrogen-bond donors (Lipinski definition) is 2. The lowest BCUT2D eigenvalue weighted by molar-refractivity contribution is 0.474. The zero-order chi connectivity index (χ0) is 18.1. The van der Waals surface area contributed by atoms with Crippen LogP contribution in [0.4, 0.5) is 11.4 Å². The first-order valence-electron chi connectivity index (χ1n) is 7.98. The Bertz CT molecular complexity index is 1150. The van der Waals surface area contributed by atoms with Gasteiger partial charge in [-0.1, -0.05) is 29.8 Å². The second kappa shape index (κ2) is 6.58. The van der Waals surface area contributed by atoms with Crippen molar-refractivity contribution in [2.75, 3.05) is 5.32 Å². The highest BCUT2D eigenvalue weighted by Gasteiger charge is 2.09. The second-order valence-corrected chi connectivity index (χ2v) is 6.31. The molecular weight excluding hydrogens is 350 g/mol.